The molecule has 0 unspecified atom stereocenters. The Balaban J connectivity index is 1.68. The Morgan fingerprint density at radius 2 is 2.00 bits per heavy atom. The standard InChI is InChI=1S/C17H23N5O4S2/c1-5-28(24,25)22-7-13-6-21(15(23)14-10(2)18-12(4)27-14)8-17(13,9-22)16-19-11(3)20-26-16/h13H,5-9H2,1-4H3/t13-,17-/m0/s1. The van der Waals surface area contributed by atoms with E-state index in [0.29, 0.717) is 36.2 Å². The van der Waals surface area contributed by atoms with E-state index in [4.69, 9.17) is 4.52 Å². The van der Waals surface area contributed by atoms with E-state index in [-0.39, 0.29) is 24.1 Å². The number of fused-ring (bicyclic) bond motifs is 1. The van der Waals surface area contributed by atoms with E-state index in [2.05, 4.69) is 15.1 Å². The molecule has 28 heavy (non-hydrogen) atoms. The monoisotopic (exact) mass is 425 g/mol. The number of hydrogen-bond acceptors (Lipinski definition) is 8. The maximum atomic E-state index is 13.1. The number of nitrogens with zero attached hydrogens (tertiary/aromatic N) is 5. The summed E-state index contributed by atoms with van der Waals surface area (Å²) in [5.74, 6) is 0.792. The summed E-state index contributed by atoms with van der Waals surface area (Å²) >= 11 is 1.38. The highest BCUT2D eigenvalue weighted by atomic mass is 32.2. The minimum absolute atomic E-state index is 0.0423. The smallest absolute Gasteiger partial charge is 0.265 e. The second-order valence-corrected chi connectivity index (χ2v) is 11.0. The van der Waals surface area contributed by atoms with Gasteiger partial charge in [-0.05, 0) is 27.7 Å². The zero-order valence-electron chi connectivity index (χ0n) is 16.3. The van der Waals surface area contributed by atoms with Crippen molar-refractivity contribution in [3.8, 4) is 0 Å². The van der Waals surface area contributed by atoms with Gasteiger partial charge in [-0.2, -0.15) is 4.98 Å². The van der Waals surface area contributed by atoms with E-state index in [0.717, 1.165) is 10.7 Å². The zero-order valence-corrected chi connectivity index (χ0v) is 17.9. The fourth-order valence-electron chi connectivity index (χ4n) is 4.24. The lowest BCUT2D eigenvalue weighted by Crippen LogP contribution is -2.41. The molecular weight excluding hydrogens is 402 g/mol. The summed E-state index contributed by atoms with van der Waals surface area (Å²) in [5, 5.41) is 4.75. The molecule has 9 nitrogen and oxygen atoms in total. The Morgan fingerprint density at radius 3 is 2.57 bits per heavy atom. The van der Waals surface area contributed by atoms with Crippen molar-refractivity contribution in [2.45, 2.75) is 33.1 Å². The molecule has 2 aromatic heterocycles. The number of aromatic nitrogens is 3. The minimum Gasteiger partial charge on any atom is -0.339 e. The number of aryl methyl sites for hydroxylation is 3. The Bertz CT molecular complexity index is 1030. The second-order valence-electron chi connectivity index (χ2n) is 7.53. The Labute approximate surface area is 167 Å². The molecule has 2 aromatic rings. The third kappa shape index (κ3) is 2.96. The van der Waals surface area contributed by atoms with Crippen molar-refractivity contribution in [3.63, 3.8) is 0 Å². The van der Waals surface area contributed by atoms with Crippen molar-refractivity contribution in [1.82, 2.24) is 24.3 Å². The molecule has 2 atom stereocenters. The maximum Gasteiger partial charge on any atom is 0.265 e. The Kier molecular flexibility index (Phi) is 4.59. The topological polar surface area (TPSA) is 110 Å². The van der Waals surface area contributed by atoms with E-state index >= 15 is 0 Å². The quantitative estimate of drug-likeness (QED) is 0.722. The second kappa shape index (κ2) is 6.60. The lowest BCUT2D eigenvalue weighted by molar-refractivity contribution is 0.0776. The maximum absolute atomic E-state index is 13.1. The summed E-state index contributed by atoms with van der Waals surface area (Å²) in [7, 11) is -3.34. The average molecular weight is 426 g/mol. The SMILES string of the molecule is CCS(=O)(=O)N1C[C@@H]2CN(C(=O)c3sc(C)nc3C)C[C@]2(c2nc(C)no2)C1. The Hall–Kier alpha value is -1.85. The van der Waals surface area contributed by atoms with Crippen LogP contribution in [-0.2, 0) is 15.4 Å². The third-order valence-electron chi connectivity index (χ3n) is 5.67. The van der Waals surface area contributed by atoms with Gasteiger partial charge in [-0.3, -0.25) is 4.79 Å². The van der Waals surface area contributed by atoms with Crippen LogP contribution in [0.5, 0.6) is 0 Å². The van der Waals surface area contributed by atoms with Gasteiger partial charge in [0.1, 0.15) is 4.88 Å². The summed E-state index contributed by atoms with van der Waals surface area (Å²) in [5.41, 5.74) is 0.0507. The summed E-state index contributed by atoms with van der Waals surface area (Å²) < 4.78 is 31.9. The van der Waals surface area contributed by atoms with Crippen LogP contribution in [0.15, 0.2) is 4.52 Å². The number of hydrogen-bond donors (Lipinski definition) is 0. The number of carbonyl (C=O) groups is 1. The predicted octanol–water partition coefficient (Wildman–Crippen LogP) is 1.13. The van der Waals surface area contributed by atoms with Crippen LogP contribution >= 0.6 is 11.3 Å². The van der Waals surface area contributed by atoms with Crippen LogP contribution in [0.4, 0.5) is 0 Å². The lowest BCUT2D eigenvalue weighted by Gasteiger charge is -2.25. The highest BCUT2D eigenvalue weighted by Gasteiger charge is 2.59. The lowest BCUT2D eigenvalue weighted by atomic mass is 9.81. The molecule has 0 N–H and O–H groups in total. The normalized spacial score (nSPS) is 25.4. The van der Waals surface area contributed by atoms with Crippen LogP contribution in [0.3, 0.4) is 0 Å². The predicted molar refractivity (Wildman–Crippen MR) is 103 cm³/mol. The first-order valence-corrected chi connectivity index (χ1v) is 11.6. The molecule has 0 aliphatic carbocycles. The molecule has 2 aliphatic rings. The van der Waals surface area contributed by atoms with Gasteiger partial charge in [0.15, 0.2) is 5.82 Å². The molecule has 0 spiro atoms. The highest BCUT2D eigenvalue weighted by molar-refractivity contribution is 7.89. The molecule has 0 radical (unpaired) electrons. The molecule has 4 rings (SSSR count). The summed E-state index contributed by atoms with van der Waals surface area (Å²) in [6.45, 7) is 8.48. The summed E-state index contributed by atoms with van der Waals surface area (Å²) in [6.07, 6.45) is 0. The van der Waals surface area contributed by atoms with Gasteiger partial charge < -0.3 is 9.42 Å². The molecule has 2 aliphatic heterocycles. The summed E-state index contributed by atoms with van der Waals surface area (Å²) in [4.78, 5) is 24.3. The molecule has 2 fully saturated rings. The molecule has 152 valence electrons. The van der Waals surface area contributed by atoms with E-state index in [1.54, 1.807) is 18.7 Å². The number of amides is 1. The first kappa shape index (κ1) is 19.5. The van der Waals surface area contributed by atoms with Gasteiger partial charge >= 0.3 is 0 Å². The third-order valence-corrected chi connectivity index (χ3v) is 8.53. The van der Waals surface area contributed by atoms with Gasteiger partial charge in [0.25, 0.3) is 5.91 Å². The molecule has 4 heterocycles. The van der Waals surface area contributed by atoms with Crippen molar-refractivity contribution < 1.29 is 17.7 Å². The van der Waals surface area contributed by atoms with E-state index in [1.165, 1.54) is 15.6 Å². The van der Waals surface area contributed by atoms with Crippen LogP contribution in [0, 0.1) is 26.7 Å². The van der Waals surface area contributed by atoms with Crippen molar-refractivity contribution in [3.05, 3.63) is 27.3 Å². The fraction of sp³-hybridized carbons (Fsp3) is 0.647. The molecular formula is C17H23N5O4S2. The zero-order chi connectivity index (χ0) is 20.3. The largest absolute Gasteiger partial charge is 0.339 e. The number of sulfonamides is 1. The van der Waals surface area contributed by atoms with Crippen LogP contribution in [0.1, 0.15) is 39.0 Å². The van der Waals surface area contributed by atoms with Crippen LogP contribution in [0.2, 0.25) is 0 Å². The van der Waals surface area contributed by atoms with Crippen molar-refractivity contribution in [2.75, 3.05) is 31.9 Å². The van der Waals surface area contributed by atoms with E-state index < -0.39 is 15.4 Å². The van der Waals surface area contributed by atoms with E-state index in [9.17, 15) is 13.2 Å². The molecule has 0 aromatic carbocycles. The number of carbonyl (C=O) groups excluding carboxylic acids is 1. The number of likely N-dealkylation sites (tertiary alicyclic amines) is 1. The van der Waals surface area contributed by atoms with Crippen molar-refractivity contribution in [2.24, 2.45) is 5.92 Å². The molecule has 1 amide bonds. The number of rotatable bonds is 4. The van der Waals surface area contributed by atoms with Gasteiger partial charge in [-0.25, -0.2) is 17.7 Å². The Morgan fingerprint density at radius 1 is 1.25 bits per heavy atom. The summed E-state index contributed by atoms with van der Waals surface area (Å²) in [6, 6.07) is 0. The van der Waals surface area contributed by atoms with Crippen LogP contribution < -0.4 is 0 Å². The van der Waals surface area contributed by atoms with Gasteiger partial charge in [-0.1, -0.05) is 5.16 Å². The van der Waals surface area contributed by atoms with Crippen molar-refractivity contribution in [1.29, 1.82) is 0 Å². The molecule has 0 saturated carbocycles. The highest BCUT2D eigenvalue weighted by Crippen LogP contribution is 2.45. The van der Waals surface area contributed by atoms with Crippen molar-refractivity contribution >= 4 is 27.3 Å². The average Bonchev–Trinajstić information content (AvgIpc) is 3.36. The minimum atomic E-state index is -3.34. The van der Waals surface area contributed by atoms with E-state index in [1.807, 2.05) is 13.8 Å². The van der Waals surface area contributed by atoms with Gasteiger partial charge in [-0.15, -0.1) is 11.3 Å². The molecule has 0 bridgehead atoms. The fourth-order valence-corrected chi connectivity index (χ4v) is 6.33. The van der Waals surface area contributed by atoms with Crippen LogP contribution in [0.25, 0.3) is 0 Å². The van der Waals surface area contributed by atoms with Crippen LogP contribution in [-0.4, -0.2) is 70.6 Å². The van der Waals surface area contributed by atoms with Gasteiger partial charge in [0.05, 0.1) is 21.9 Å². The number of thiazole rings is 1. The molecule has 11 heteroatoms. The first-order valence-electron chi connectivity index (χ1n) is 9.18. The van der Waals surface area contributed by atoms with Gasteiger partial charge in [0, 0.05) is 32.1 Å². The molecule has 2 saturated heterocycles. The first-order chi connectivity index (χ1) is 13.2. The van der Waals surface area contributed by atoms with Gasteiger partial charge in [0.2, 0.25) is 15.9 Å².